The van der Waals surface area contributed by atoms with Crippen LogP contribution in [-0.2, 0) is 0 Å². The first-order chi connectivity index (χ1) is 7.26. The Kier molecular flexibility index (Phi) is 3.85. The lowest BCUT2D eigenvalue weighted by molar-refractivity contribution is 0.111. The van der Waals surface area contributed by atoms with Gasteiger partial charge in [-0.15, -0.1) is 0 Å². The lowest BCUT2D eigenvalue weighted by Gasteiger charge is -2.10. The number of hydrogen-bond acceptors (Lipinski definition) is 4. The van der Waals surface area contributed by atoms with Gasteiger partial charge in [-0.05, 0) is 19.1 Å². The largest absolute Gasteiger partial charge is 0.497 e. The summed E-state index contributed by atoms with van der Waals surface area (Å²) < 4.78 is 10.2. The molecule has 0 aromatic heterocycles. The predicted molar refractivity (Wildman–Crippen MR) is 54.9 cm³/mol. The summed E-state index contributed by atoms with van der Waals surface area (Å²) in [7, 11) is 1.47. The molecule has 0 N–H and O–H groups in total. The molecule has 0 aliphatic heterocycles. The number of hydrogen-bond donors (Lipinski definition) is 0. The first-order valence-corrected chi connectivity index (χ1v) is 4.52. The summed E-state index contributed by atoms with van der Waals surface area (Å²) in [6.45, 7) is 2.18. The van der Waals surface area contributed by atoms with Crippen LogP contribution in [0, 0.1) is 0 Å². The molecule has 0 spiro atoms. The second-order valence-corrected chi connectivity index (χ2v) is 2.80. The Morgan fingerprint density at radius 3 is 2.07 bits per heavy atom. The highest BCUT2D eigenvalue weighted by molar-refractivity contribution is 5.89. The van der Waals surface area contributed by atoms with E-state index in [2.05, 4.69) is 0 Å². The number of carbonyl (C=O) groups excluding carboxylic acids is 2. The first-order valence-electron chi connectivity index (χ1n) is 4.52. The van der Waals surface area contributed by atoms with Gasteiger partial charge in [-0.3, -0.25) is 9.59 Å². The van der Waals surface area contributed by atoms with Gasteiger partial charge in [0.2, 0.25) is 0 Å². The van der Waals surface area contributed by atoms with Crippen molar-refractivity contribution in [1.82, 2.24) is 0 Å². The van der Waals surface area contributed by atoms with E-state index in [-0.39, 0.29) is 0 Å². The summed E-state index contributed by atoms with van der Waals surface area (Å²) >= 11 is 0. The van der Waals surface area contributed by atoms with Crippen molar-refractivity contribution in [3.05, 3.63) is 23.3 Å². The second-order valence-electron chi connectivity index (χ2n) is 2.80. The molecule has 0 fully saturated rings. The van der Waals surface area contributed by atoms with E-state index in [0.29, 0.717) is 41.8 Å². The lowest BCUT2D eigenvalue weighted by Crippen LogP contribution is -2.01. The summed E-state index contributed by atoms with van der Waals surface area (Å²) in [6, 6.07) is 3.07. The van der Waals surface area contributed by atoms with Gasteiger partial charge in [0.1, 0.15) is 11.5 Å². The number of carbonyl (C=O) groups is 2. The standard InChI is InChI=1S/C11H12O4/c1-3-15-11-8(6-12)4-10(14-2)5-9(11)7-13/h4-7H,3H2,1-2H3. The SMILES string of the molecule is CCOc1c(C=O)cc(OC)cc1C=O. The summed E-state index contributed by atoms with van der Waals surface area (Å²) in [5, 5.41) is 0. The minimum atomic E-state index is 0.309. The molecular formula is C11H12O4. The normalized spacial score (nSPS) is 9.47. The Bertz CT molecular complexity index is 342. The molecule has 15 heavy (non-hydrogen) atoms. The van der Waals surface area contributed by atoms with E-state index in [1.807, 2.05) is 0 Å². The second kappa shape index (κ2) is 5.14. The van der Waals surface area contributed by atoms with Crippen LogP contribution in [0.4, 0.5) is 0 Å². The Labute approximate surface area is 87.8 Å². The molecular weight excluding hydrogens is 196 g/mol. The van der Waals surface area contributed by atoms with E-state index < -0.39 is 0 Å². The smallest absolute Gasteiger partial charge is 0.153 e. The van der Waals surface area contributed by atoms with Crippen LogP contribution in [0.5, 0.6) is 11.5 Å². The Morgan fingerprint density at radius 2 is 1.73 bits per heavy atom. The average molecular weight is 208 g/mol. The van der Waals surface area contributed by atoms with Crippen molar-refractivity contribution in [2.75, 3.05) is 13.7 Å². The molecule has 0 saturated carbocycles. The maximum absolute atomic E-state index is 10.8. The molecule has 1 aromatic carbocycles. The molecule has 0 amide bonds. The number of benzene rings is 1. The molecule has 0 bridgehead atoms. The van der Waals surface area contributed by atoms with Crippen molar-refractivity contribution in [2.24, 2.45) is 0 Å². The molecule has 1 rings (SSSR count). The van der Waals surface area contributed by atoms with Crippen LogP contribution in [0.3, 0.4) is 0 Å². The summed E-state index contributed by atoms with van der Waals surface area (Å²) in [4.78, 5) is 21.6. The number of ether oxygens (including phenoxy) is 2. The van der Waals surface area contributed by atoms with Gasteiger partial charge < -0.3 is 9.47 Å². The van der Waals surface area contributed by atoms with Crippen LogP contribution in [0.2, 0.25) is 0 Å². The van der Waals surface area contributed by atoms with Crippen molar-refractivity contribution in [1.29, 1.82) is 0 Å². The third kappa shape index (κ3) is 2.34. The minimum Gasteiger partial charge on any atom is -0.497 e. The molecule has 80 valence electrons. The molecule has 0 radical (unpaired) electrons. The van der Waals surface area contributed by atoms with E-state index in [1.165, 1.54) is 19.2 Å². The van der Waals surface area contributed by atoms with Crippen molar-refractivity contribution in [2.45, 2.75) is 6.92 Å². The molecule has 0 aliphatic carbocycles. The van der Waals surface area contributed by atoms with E-state index >= 15 is 0 Å². The van der Waals surface area contributed by atoms with E-state index in [4.69, 9.17) is 9.47 Å². The van der Waals surface area contributed by atoms with Crippen molar-refractivity contribution in [3.63, 3.8) is 0 Å². The van der Waals surface area contributed by atoms with Gasteiger partial charge in [0.15, 0.2) is 12.6 Å². The Hall–Kier alpha value is -1.84. The van der Waals surface area contributed by atoms with Crippen LogP contribution in [0.25, 0.3) is 0 Å². The van der Waals surface area contributed by atoms with Gasteiger partial charge in [-0.2, -0.15) is 0 Å². The third-order valence-electron chi connectivity index (χ3n) is 1.90. The highest BCUT2D eigenvalue weighted by Gasteiger charge is 2.11. The maximum atomic E-state index is 10.8. The van der Waals surface area contributed by atoms with Crippen LogP contribution in [0.1, 0.15) is 27.6 Å². The van der Waals surface area contributed by atoms with E-state index in [0.717, 1.165) is 0 Å². The quantitative estimate of drug-likeness (QED) is 0.691. The fraction of sp³-hybridized carbons (Fsp3) is 0.273. The van der Waals surface area contributed by atoms with Gasteiger partial charge >= 0.3 is 0 Å². The highest BCUT2D eigenvalue weighted by Crippen LogP contribution is 2.27. The van der Waals surface area contributed by atoms with Crippen molar-refractivity contribution in [3.8, 4) is 11.5 Å². The van der Waals surface area contributed by atoms with Gasteiger partial charge in [0.05, 0.1) is 24.8 Å². The monoisotopic (exact) mass is 208 g/mol. The third-order valence-corrected chi connectivity index (χ3v) is 1.90. The molecule has 4 nitrogen and oxygen atoms in total. The fourth-order valence-corrected chi connectivity index (χ4v) is 1.25. The lowest BCUT2D eigenvalue weighted by atomic mass is 10.1. The molecule has 0 aliphatic rings. The Balaban J connectivity index is 3.31. The number of methoxy groups -OCH3 is 1. The number of aldehydes is 2. The van der Waals surface area contributed by atoms with Crippen LogP contribution >= 0.6 is 0 Å². The zero-order valence-electron chi connectivity index (χ0n) is 8.65. The number of rotatable bonds is 5. The van der Waals surface area contributed by atoms with Crippen molar-refractivity contribution >= 4 is 12.6 Å². The molecule has 0 unspecified atom stereocenters. The van der Waals surface area contributed by atoms with Crippen LogP contribution in [-0.4, -0.2) is 26.3 Å². The summed E-state index contributed by atoms with van der Waals surface area (Å²) in [5.74, 6) is 0.769. The molecule has 4 heteroatoms. The summed E-state index contributed by atoms with van der Waals surface area (Å²) in [6.07, 6.45) is 1.28. The summed E-state index contributed by atoms with van der Waals surface area (Å²) in [5.41, 5.74) is 0.636. The first kappa shape index (κ1) is 11.2. The van der Waals surface area contributed by atoms with Crippen LogP contribution in [0.15, 0.2) is 12.1 Å². The van der Waals surface area contributed by atoms with Crippen molar-refractivity contribution < 1.29 is 19.1 Å². The van der Waals surface area contributed by atoms with E-state index in [1.54, 1.807) is 6.92 Å². The maximum Gasteiger partial charge on any atom is 0.153 e. The van der Waals surface area contributed by atoms with Gasteiger partial charge in [0.25, 0.3) is 0 Å². The average Bonchev–Trinajstić information content (AvgIpc) is 2.29. The predicted octanol–water partition coefficient (Wildman–Crippen LogP) is 1.72. The Morgan fingerprint density at radius 1 is 1.20 bits per heavy atom. The molecule has 0 atom stereocenters. The highest BCUT2D eigenvalue weighted by atomic mass is 16.5. The van der Waals surface area contributed by atoms with Gasteiger partial charge in [-0.25, -0.2) is 0 Å². The topological polar surface area (TPSA) is 52.6 Å². The van der Waals surface area contributed by atoms with Crippen LogP contribution < -0.4 is 9.47 Å². The molecule has 0 heterocycles. The zero-order valence-corrected chi connectivity index (χ0v) is 8.65. The van der Waals surface area contributed by atoms with E-state index in [9.17, 15) is 9.59 Å². The molecule has 0 saturated heterocycles. The minimum absolute atomic E-state index is 0.309. The zero-order chi connectivity index (χ0) is 11.3. The molecule has 1 aromatic rings. The fourth-order valence-electron chi connectivity index (χ4n) is 1.25. The van der Waals surface area contributed by atoms with Gasteiger partial charge in [-0.1, -0.05) is 0 Å². The van der Waals surface area contributed by atoms with Gasteiger partial charge in [0, 0.05) is 0 Å².